The van der Waals surface area contributed by atoms with Gasteiger partial charge in [0, 0.05) is 5.69 Å². The summed E-state index contributed by atoms with van der Waals surface area (Å²) in [5.41, 5.74) is 3.10. The lowest BCUT2D eigenvalue weighted by molar-refractivity contribution is -0.118. The van der Waals surface area contributed by atoms with Gasteiger partial charge in [0.1, 0.15) is 5.75 Å². The third-order valence-corrected chi connectivity index (χ3v) is 3.99. The van der Waals surface area contributed by atoms with Crippen LogP contribution in [0.5, 0.6) is 5.75 Å². The molecule has 0 saturated heterocycles. The second-order valence-electron chi connectivity index (χ2n) is 5.53. The minimum Gasteiger partial charge on any atom is -0.482 e. The third kappa shape index (κ3) is 5.32. The van der Waals surface area contributed by atoms with Crippen molar-refractivity contribution in [3.63, 3.8) is 0 Å². The first-order valence-corrected chi connectivity index (χ1v) is 8.66. The number of hydrogen-bond donors (Lipinski definition) is 1. The van der Waals surface area contributed by atoms with E-state index in [1.165, 1.54) is 0 Å². The largest absolute Gasteiger partial charge is 0.482 e. The number of ether oxygens (including phenoxy) is 2. The van der Waals surface area contributed by atoms with Crippen molar-refractivity contribution >= 4 is 33.5 Å². The maximum Gasteiger partial charge on any atom is 0.338 e. The Hall–Kier alpha value is -2.34. The van der Waals surface area contributed by atoms with E-state index in [0.717, 1.165) is 15.6 Å². The Morgan fingerprint density at radius 1 is 1.12 bits per heavy atom. The molecule has 1 amide bonds. The standard InChI is InChI=1S/C19H20BrNO4/c1-4-24-19(23)14-5-7-15(8-6-14)21-17(22)11-25-18-13(3)9-12(2)10-16(18)20/h5-10H,4,11H2,1-3H3,(H,21,22). The van der Waals surface area contributed by atoms with Crippen molar-refractivity contribution in [1.82, 2.24) is 0 Å². The van der Waals surface area contributed by atoms with Crippen LogP contribution >= 0.6 is 15.9 Å². The van der Waals surface area contributed by atoms with E-state index < -0.39 is 0 Å². The SMILES string of the molecule is CCOC(=O)c1ccc(NC(=O)COc2c(C)cc(C)cc2Br)cc1. The average molecular weight is 406 g/mol. The van der Waals surface area contributed by atoms with Crippen LogP contribution in [0, 0.1) is 13.8 Å². The molecule has 1 N–H and O–H groups in total. The van der Waals surface area contributed by atoms with Crippen molar-refractivity contribution in [2.24, 2.45) is 0 Å². The van der Waals surface area contributed by atoms with E-state index in [4.69, 9.17) is 9.47 Å². The molecule has 5 nitrogen and oxygen atoms in total. The summed E-state index contributed by atoms with van der Waals surface area (Å²) in [6, 6.07) is 10.4. The fourth-order valence-corrected chi connectivity index (χ4v) is 3.11. The quantitative estimate of drug-likeness (QED) is 0.729. The molecule has 0 aliphatic carbocycles. The molecule has 2 rings (SSSR count). The van der Waals surface area contributed by atoms with Crippen LogP contribution in [-0.4, -0.2) is 25.1 Å². The van der Waals surface area contributed by atoms with Crippen molar-refractivity contribution in [3.05, 3.63) is 57.6 Å². The van der Waals surface area contributed by atoms with Crippen LogP contribution in [0.2, 0.25) is 0 Å². The lowest BCUT2D eigenvalue weighted by Gasteiger charge is -2.12. The van der Waals surface area contributed by atoms with Gasteiger partial charge in [-0.05, 0) is 78.2 Å². The molecule has 25 heavy (non-hydrogen) atoms. The first-order valence-electron chi connectivity index (χ1n) is 7.87. The Morgan fingerprint density at radius 3 is 2.40 bits per heavy atom. The Bertz CT molecular complexity index is 748. The molecule has 0 bridgehead atoms. The monoisotopic (exact) mass is 405 g/mol. The maximum atomic E-state index is 12.1. The lowest BCUT2D eigenvalue weighted by Crippen LogP contribution is -2.20. The van der Waals surface area contributed by atoms with Crippen LogP contribution in [0.25, 0.3) is 0 Å². The van der Waals surface area contributed by atoms with Crippen molar-refractivity contribution in [1.29, 1.82) is 0 Å². The average Bonchev–Trinajstić information content (AvgIpc) is 2.54. The highest BCUT2D eigenvalue weighted by Gasteiger charge is 2.10. The number of esters is 1. The number of hydrogen-bond acceptors (Lipinski definition) is 4. The number of halogens is 1. The molecule has 0 unspecified atom stereocenters. The van der Waals surface area contributed by atoms with E-state index >= 15 is 0 Å². The van der Waals surface area contributed by atoms with Crippen LogP contribution in [0.1, 0.15) is 28.4 Å². The number of carbonyl (C=O) groups excluding carboxylic acids is 2. The number of aryl methyl sites for hydroxylation is 2. The molecule has 0 spiro atoms. The van der Waals surface area contributed by atoms with Gasteiger partial charge in [0.2, 0.25) is 0 Å². The molecule has 2 aromatic carbocycles. The topological polar surface area (TPSA) is 64.6 Å². The Balaban J connectivity index is 1.93. The Morgan fingerprint density at radius 2 is 1.80 bits per heavy atom. The number of benzene rings is 2. The second kappa shape index (κ2) is 8.67. The number of nitrogens with one attached hydrogen (secondary N) is 1. The summed E-state index contributed by atoms with van der Waals surface area (Å²) in [6.45, 7) is 5.89. The Labute approximate surface area is 155 Å². The molecular formula is C19H20BrNO4. The van der Waals surface area contributed by atoms with Gasteiger partial charge in [0.05, 0.1) is 16.6 Å². The summed E-state index contributed by atoms with van der Waals surface area (Å²) < 4.78 is 11.4. The van der Waals surface area contributed by atoms with Crippen molar-refractivity contribution in [2.75, 3.05) is 18.5 Å². The highest BCUT2D eigenvalue weighted by atomic mass is 79.9. The van der Waals surface area contributed by atoms with Gasteiger partial charge in [0.15, 0.2) is 6.61 Å². The Kier molecular flexibility index (Phi) is 6.58. The second-order valence-corrected chi connectivity index (χ2v) is 6.38. The molecule has 0 aliphatic rings. The fourth-order valence-electron chi connectivity index (χ4n) is 2.32. The summed E-state index contributed by atoms with van der Waals surface area (Å²) in [5.74, 6) is -0.0161. The summed E-state index contributed by atoms with van der Waals surface area (Å²) in [5, 5.41) is 2.73. The molecule has 0 fully saturated rings. The minimum absolute atomic E-state index is 0.109. The van der Waals surface area contributed by atoms with Gasteiger partial charge < -0.3 is 14.8 Å². The zero-order chi connectivity index (χ0) is 18.4. The van der Waals surface area contributed by atoms with E-state index in [9.17, 15) is 9.59 Å². The molecule has 132 valence electrons. The van der Waals surface area contributed by atoms with Crippen LogP contribution in [0.4, 0.5) is 5.69 Å². The van der Waals surface area contributed by atoms with Crippen molar-refractivity contribution in [3.8, 4) is 5.75 Å². The molecule has 0 aromatic heterocycles. The molecular weight excluding hydrogens is 386 g/mol. The molecule has 0 saturated carbocycles. The third-order valence-electron chi connectivity index (χ3n) is 3.40. The van der Waals surface area contributed by atoms with E-state index in [1.54, 1.807) is 31.2 Å². The first-order chi connectivity index (χ1) is 11.9. The summed E-state index contributed by atoms with van der Waals surface area (Å²) in [6.07, 6.45) is 0. The van der Waals surface area contributed by atoms with Crippen LogP contribution in [-0.2, 0) is 9.53 Å². The van der Waals surface area contributed by atoms with Crippen LogP contribution in [0.15, 0.2) is 40.9 Å². The number of rotatable bonds is 6. The van der Waals surface area contributed by atoms with Gasteiger partial charge in [-0.2, -0.15) is 0 Å². The summed E-state index contributed by atoms with van der Waals surface area (Å²) in [7, 11) is 0. The number of amides is 1. The molecule has 2 aromatic rings. The van der Waals surface area contributed by atoms with Gasteiger partial charge in [-0.1, -0.05) is 6.07 Å². The van der Waals surface area contributed by atoms with E-state index in [2.05, 4.69) is 21.2 Å². The van der Waals surface area contributed by atoms with E-state index in [1.807, 2.05) is 26.0 Å². The zero-order valence-electron chi connectivity index (χ0n) is 14.4. The smallest absolute Gasteiger partial charge is 0.338 e. The van der Waals surface area contributed by atoms with Gasteiger partial charge >= 0.3 is 5.97 Å². The molecule has 0 heterocycles. The molecule has 0 aliphatic heterocycles. The predicted octanol–water partition coefficient (Wildman–Crippen LogP) is 4.26. The molecule has 0 atom stereocenters. The summed E-state index contributed by atoms with van der Waals surface area (Å²) >= 11 is 3.45. The number of anilines is 1. The number of carbonyl (C=O) groups is 2. The van der Waals surface area contributed by atoms with Gasteiger partial charge in [-0.3, -0.25) is 4.79 Å². The van der Waals surface area contributed by atoms with Crippen molar-refractivity contribution in [2.45, 2.75) is 20.8 Å². The zero-order valence-corrected chi connectivity index (χ0v) is 16.0. The minimum atomic E-state index is -0.386. The van der Waals surface area contributed by atoms with E-state index in [-0.39, 0.29) is 18.5 Å². The summed E-state index contributed by atoms with van der Waals surface area (Å²) in [4.78, 5) is 23.6. The van der Waals surface area contributed by atoms with Crippen LogP contribution < -0.4 is 10.1 Å². The lowest BCUT2D eigenvalue weighted by atomic mass is 10.1. The van der Waals surface area contributed by atoms with Gasteiger partial charge in [0.25, 0.3) is 5.91 Å². The first kappa shape index (κ1) is 19.0. The molecule has 0 radical (unpaired) electrons. The molecule has 6 heteroatoms. The highest BCUT2D eigenvalue weighted by Crippen LogP contribution is 2.30. The van der Waals surface area contributed by atoms with Gasteiger partial charge in [-0.15, -0.1) is 0 Å². The normalized spacial score (nSPS) is 10.2. The fraction of sp³-hybridized carbons (Fsp3) is 0.263. The highest BCUT2D eigenvalue weighted by molar-refractivity contribution is 9.10. The van der Waals surface area contributed by atoms with Gasteiger partial charge in [-0.25, -0.2) is 4.79 Å². The van der Waals surface area contributed by atoms with Crippen molar-refractivity contribution < 1.29 is 19.1 Å². The maximum absolute atomic E-state index is 12.1. The predicted molar refractivity (Wildman–Crippen MR) is 100 cm³/mol. The van der Waals surface area contributed by atoms with E-state index in [0.29, 0.717) is 23.6 Å². The van der Waals surface area contributed by atoms with Crippen LogP contribution in [0.3, 0.4) is 0 Å².